The molecule has 2 rings (SSSR count). The minimum Gasteiger partial charge on any atom is -0.366 e. The van der Waals surface area contributed by atoms with Crippen molar-refractivity contribution in [2.45, 2.75) is 45.4 Å². The maximum absolute atomic E-state index is 11.4. The van der Waals surface area contributed by atoms with Crippen LogP contribution < -0.4 is 0 Å². The van der Waals surface area contributed by atoms with E-state index in [2.05, 4.69) is 6.92 Å². The van der Waals surface area contributed by atoms with Crippen LogP contribution in [0.5, 0.6) is 0 Å². The average Bonchev–Trinajstić information content (AvgIpc) is 2.90. The standard InChI is InChI=1S/C17H24O4/c1-12-9-16(19-3)21-17(12)13(2)15(10-18)20-11-14-7-5-4-6-8-14/h4-8,10,12-13,15-17H,9,11H2,1-3H3/t12-,13+,15-,16?,17-/m1/s1. The lowest BCUT2D eigenvalue weighted by atomic mass is 9.89. The summed E-state index contributed by atoms with van der Waals surface area (Å²) in [6.07, 6.45) is 1.09. The summed E-state index contributed by atoms with van der Waals surface area (Å²) in [5, 5.41) is 0. The summed E-state index contributed by atoms with van der Waals surface area (Å²) in [6.45, 7) is 4.56. The van der Waals surface area contributed by atoms with Crippen molar-refractivity contribution in [2.24, 2.45) is 11.8 Å². The Morgan fingerprint density at radius 1 is 1.38 bits per heavy atom. The molecule has 1 heterocycles. The zero-order chi connectivity index (χ0) is 15.2. The lowest BCUT2D eigenvalue weighted by molar-refractivity contribution is -0.149. The summed E-state index contributed by atoms with van der Waals surface area (Å²) < 4.78 is 16.9. The highest BCUT2D eigenvalue weighted by atomic mass is 16.7. The molecule has 1 aliphatic heterocycles. The van der Waals surface area contributed by atoms with E-state index in [9.17, 15) is 4.79 Å². The third-order valence-corrected chi connectivity index (χ3v) is 4.15. The van der Waals surface area contributed by atoms with Gasteiger partial charge in [0.05, 0.1) is 12.7 Å². The second-order valence-corrected chi connectivity index (χ2v) is 5.74. The monoisotopic (exact) mass is 292 g/mol. The fourth-order valence-electron chi connectivity index (χ4n) is 2.87. The van der Waals surface area contributed by atoms with Crippen LogP contribution in [0.25, 0.3) is 0 Å². The smallest absolute Gasteiger partial charge is 0.157 e. The van der Waals surface area contributed by atoms with Crippen molar-refractivity contribution in [2.75, 3.05) is 7.11 Å². The van der Waals surface area contributed by atoms with Crippen molar-refractivity contribution in [3.05, 3.63) is 35.9 Å². The lowest BCUT2D eigenvalue weighted by Gasteiger charge is -2.27. The Labute approximate surface area is 126 Å². The normalized spacial score (nSPS) is 28.2. The van der Waals surface area contributed by atoms with E-state index in [1.807, 2.05) is 37.3 Å². The van der Waals surface area contributed by atoms with Gasteiger partial charge in [-0.1, -0.05) is 44.2 Å². The first-order chi connectivity index (χ1) is 10.2. The molecular weight excluding hydrogens is 268 g/mol. The molecule has 1 fully saturated rings. The number of hydrogen-bond acceptors (Lipinski definition) is 4. The van der Waals surface area contributed by atoms with Crippen molar-refractivity contribution in [1.29, 1.82) is 0 Å². The molecule has 0 spiro atoms. The highest BCUT2D eigenvalue weighted by molar-refractivity contribution is 5.56. The van der Waals surface area contributed by atoms with Crippen LogP contribution in [0.4, 0.5) is 0 Å². The molecule has 0 N–H and O–H groups in total. The molecule has 5 atom stereocenters. The lowest BCUT2D eigenvalue weighted by Crippen LogP contribution is -2.35. The van der Waals surface area contributed by atoms with Crippen molar-refractivity contribution < 1.29 is 19.0 Å². The maximum atomic E-state index is 11.4. The van der Waals surface area contributed by atoms with E-state index < -0.39 is 6.10 Å². The second-order valence-electron chi connectivity index (χ2n) is 5.74. The molecule has 0 bridgehead atoms. The van der Waals surface area contributed by atoms with E-state index in [4.69, 9.17) is 14.2 Å². The Morgan fingerprint density at radius 2 is 2.10 bits per heavy atom. The van der Waals surface area contributed by atoms with Crippen LogP contribution in [0.1, 0.15) is 25.8 Å². The summed E-state index contributed by atoms with van der Waals surface area (Å²) in [4.78, 5) is 11.4. The van der Waals surface area contributed by atoms with Gasteiger partial charge < -0.3 is 19.0 Å². The molecule has 116 valence electrons. The van der Waals surface area contributed by atoms with E-state index >= 15 is 0 Å². The van der Waals surface area contributed by atoms with E-state index in [1.54, 1.807) is 7.11 Å². The zero-order valence-electron chi connectivity index (χ0n) is 12.9. The van der Waals surface area contributed by atoms with Gasteiger partial charge in [0, 0.05) is 19.4 Å². The van der Waals surface area contributed by atoms with Crippen LogP contribution in [0, 0.1) is 11.8 Å². The van der Waals surface area contributed by atoms with Gasteiger partial charge in [0.15, 0.2) is 6.29 Å². The highest BCUT2D eigenvalue weighted by Crippen LogP contribution is 2.33. The summed E-state index contributed by atoms with van der Waals surface area (Å²) in [6, 6.07) is 9.86. The molecule has 1 unspecified atom stereocenters. The van der Waals surface area contributed by atoms with E-state index in [0.717, 1.165) is 18.3 Å². The van der Waals surface area contributed by atoms with E-state index in [-0.39, 0.29) is 18.3 Å². The summed E-state index contributed by atoms with van der Waals surface area (Å²) in [7, 11) is 1.65. The molecule has 0 aliphatic carbocycles. The number of methoxy groups -OCH3 is 1. The van der Waals surface area contributed by atoms with Gasteiger partial charge in [0.2, 0.25) is 0 Å². The van der Waals surface area contributed by atoms with Crippen LogP contribution >= 0.6 is 0 Å². The number of benzene rings is 1. The van der Waals surface area contributed by atoms with Gasteiger partial charge in [-0.25, -0.2) is 0 Å². The summed E-state index contributed by atoms with van der Waals surface area (Å²) in [5.74, 6) is 0.356. The van der Waals surface area contributed by atoms with Crippen LogP contribution in [0.3, 0.4) is 0 Å². The average molecular weight is 292 g/mol. The van der Waals surface area contributed by atoms with Gasteiger partial charge in [-0.05, 0) is 11.5 Å². The number of aldehydes is 1. The number of hydrogen-bond donors (Lipinski definition) is 0. The molecule has 4 nitrogen and oxygen atoms in total. The highest BCUT2D eigenvalue weighted by Gasteiger charge is 2.39. The second kappa shape index (κ2) is 7.69. The molecule has 1 saturated heterocycles. The molecule has 1 aromatic carbocycles. The Morgan fingerprint density at radius 3 is 2.67 bits per heavy atom. The Balaban J connectivity index is 1.92. The van der Waals surface area contributed by atoms with E-state index in [1.165, 1.54) is 0 Å². The number of ether oxygens (including phenoxy) is 3. The maximum Gasteiger partial charge on any atom is 0.157 e. The zero-order valence-corrected chi connectivity index (χ0v) is 12.9. The molecule has 1 aromatic rings. The Hall–Kier alpha value is -1.23. The summed E-state index contributed by atoms with van der Waals surface area (Å²) >= 11 is 0. The van der Waals surface area contributed by atoms with Crippen LogP contribution in [-0.4, -0.2) is 31.9 Å². The van der Waals surface area contributed by atoms with Crippen LogP contribution in [0.2, 0.25) is 0 Å². The van der Waals surface area contributed by atoms with Crippen LogP contribution in [-0.2, 0) is 25.6 Å². The fraction of sp³-hybridized carbons (Fsp3) is 0.588. The molecule has 0 amide bonds. The van der Waals surface area contributed by atoms with Gasteiger partial charge in [-0.3, -0.25) is 0 Å². The van der Waals surface area contributed by atoms with Crippen molar-refractivity contribution >= 4 is 6.29 Å². The van der Waals surface area contributed by atoms with Gasteiger partial charge in [-0.15, -0.1) is 0 Å². The molecule has 21 heavy (non-hydrogen) atoms. The number of rotatable bonds is 7. The minimum absolute atomic E-state index is 0.00126. The SMILES string of the molecule is COC1C[C@@H](C)[C@H]([C@@H](C)[C@@H](C=O)OCc2ccccc2)O1. The fourth-order valence-corrected chi connectivity index (χ4v) is 2.87. The van der Waals surface area contributed by atoms with Gasteiger partial charge in [0.25, 0.3) is 0 Å². The first-order valence-corrected chi connectivity index (χ1v) is 7.44. The molecule has 0 aromatic heterocycles. The first-order valence-electron chi connectivity index (χ1n) is 7.44. The van der Waals surface area contributed by atoms with Gasteiger partial charge in [-0.2, -0.15) is 0 Å². The van der Waals surface area contributed by atoms with Crippen LogP contribution in [0.15, 0.2) is 30.3 Å². The Kier molecular flexibility index (Phi) is 5.91. The summed E-state index contributed by atoms with van der Waals surface area (Å²) in [5.41, 5.74) is 1.06. The molecule has 1 aliphatic rings. The van der Waals surface area contributed by atoms with Crippen molar-refractivity contribution in [3.8, 4) is 0 Å². The predicted molar refractivity (Wildman–Crippen MR) is 79.7 cm³/mol. The molecule has 0 saturated carbocycles. The van der Waals surface area contributed by atoms with E-state index in [0.29, 0.717) is 12.5 Å². The third kappa shape index (κ3) is 4.13. The molecular formula is C17H24O4. The minimum atomic E-state index is -0.465. The topological polar surface area (TPSA) is 44.8 Å². The molecule has 0 radical (unpaired) electrons. The first kappa shape index (κ1) is 16.1. The number of carbonyl (C=O) groups excluding carboxylic acids is 1. The number of carbonyl (C=O) groups is 1. The van der Waals surface area contributed by atoms with Gasteiger partial charge in [0.1, 0.15) is 12.4 Å². The van der Waals surface area contributed by atoms with Gasteiger partial charge >= 0.3 is 0 Å². The van der Waals surface area contributed by atoms with Crippen molar-refractivity contribution in [3.63, 3.8) is 0 Å². The quantitative estimate of drug-likeness (QED) is 0.725. The Bertz CT molecular complexity index is 434. The predicted octanol–water partition coefficient (Wildman–Crippen LogP) is 2.80. The molecule has 4 heteroatoms. The third-order valence-electron chi connectivity index (χ3n) is 4.15. The largest absolute Gasteiger partial charge is 0.366 e. The van der Waals surface area contributed by atoms with Crippen molar-refractivity contribution in [1.82, 2.24) is 0 Å².